The number of nitrogens with one attached hydrogen (secondary N) is 1. The smallest absolute Gasteiger partial charge is 0.302 e. The minimum atomic E-state index is -0.129. The molecule has 3 nitrogen and oxygen atoms in total. The van der Waals surface area contributed by atoms with E-state index in [1.54, 1.807) is 12.5 Å². The molecule has 2 aromatic rings. The average molecular weight is 448 g/mol. The van der Waals surface area contributed by atoms with Crippen LogP contribution in [0.5, 0.6) is 0 Å². The van der Waals surface area contributed by atoms with Crippen LogP contribution in [0.2, 0.25) is 0 Å². The summed E-state index contributed by atoms with van der Waals surface area (Å²) in [6.07, 6.45) is 10.3. The van der Waals surface area contributed by atoms with E-state index in [0.717, 1.165) is 25.7 Å². The molecule has 2 saturated carbocycles. The summed E-state index contributed by atoms with van der Waals surface area (Å²) in [6, 6.07) is 8.85. The van der Waals surface area contributed by atoms with Crippen LogP contribution in [0.1, 0.15) is 91.3 Å². The first-order chi connectivity index (χ1) is 15.6. The van der Waals surface area contributed by atoms with Gasteiger partial charge in [-0.3, -0.25) is 4.79 Å². The molecular weight excluding hydrogens is 406 g/mol. The third kappa shape index (κ3) is 3.17. The molecule has 178 valence electrons. The van der Waals surface area contributed by atoms with Gasteiger partial charge < -0.3 is 9.72 Å². The van der Waals surface area contributed by atoms with Crippen LogP contribution >= 0.6 is 0 Å². The summed E-state index contributed by atoms with van der Waals surface area (Å²) in [5.74, 6) is 1.10. The molecule has 1 heterocycles. The van der Waals surface area contributed by atoms with Crippen LogP contribution in [0.4, 0.5) is 0 Å². The first-order valence-corrected chi connectivity index (χ1v) is 13.0. The van der Waals surface area contributed by atoms with Gasteiger partial charge >= 0.3 is 5.97 Å². The third-order valence-corrected chi connectivity index (χ3v) is 10.4. The molecule has 3 aliphatic rings. The normalized spacial score (nSPS) is 37.2. The molecule has 0 radical (unpaired) electrons. The highest BCUT2D eigenvalue weighted by Crippen LogP contribution is 2.70. The predicted octanol–water partition coefficient (Wildman–Crippen LogP) is 7.49. The maximum absolute atomic E-state index is 12.1. The van der Waals surface area contributed by atoms with Gasteiger partial charge in [0.05, 0.1) is 0 Å². The Balaban J connectivity index is 1.59. The lowest BCUT2D eigenvalue weighted by atomic mass is 9.40. The Morgan fingerprint density at radius 1 is 1.12 bits per heavy atom. The Hall–Kier alpha value is -2.03. The van der Waals surface area contributed by atoms with Gasteiger partial charge in [-0.15, -0.1) is 0 Å². The zero-order valence-electron chi connectivity index (χ0n) is 21.4. The Labute approximate surface area is 199 Å². The highest BCUT2D eigenvalue weighted by atomic mass is 16.5. The number of benzene rings is 1. The lowest BCUT2D eigenvalue weighted by Crippen LogP contribution is -2.62. The second-order valence-corrected chi connectivity index (χ2v) is 12.1. The number of hydrogen-bond acceptors (Lipinski definition) is 2. The fourth-order valence-corrected chi connectivity index (χ4v) is 8.58. The topological polar surface area (TPSA) is 42.1 Å². The molecule has 2 fully saturated rings. The number of carbonyl (C=O) groups excluding carboxylic acids is 1. The van der Waals surface area contributed by atoms with Crippen molar-refractivity contribution in [2.24, 2.45) is 22.7 Å². The molecular formula is C30H41NO2. The van der Waals surface area contributed by atoms with Crippen LogP contribution in [-0.4, -0.2) is 17.1 Å². The van der Waals surface area contributed by atoms with Gasteiger partial charge in [0.1, 0.15) is 6.10 Å². The fraction of sp³-hybridized carbons (Fsp3) is 0.633. The zero-order chi connectivity index (χ0) is 23.6. The highest BCUT2D eigenvalue weighted by molar-refractivity contribution is 5.86. The van der Waals surface area contributed by atoms with Gasteiger partial charge in [-0.2, -0.15) is 0 Å². The van der Waals surface area contributed by atoms with Crippen molar-refractivity contribution in [1.82, 2.24) is 4.98 Å². The Bertz CT molecular complexity index is 1110. The van der Waals surface area contributed by atoms with Crippen molar-refractivity contribution in [1.29, 1.82) is 0 Å². The van der Waals surface area contributed by atoms with Crippen LogP contribution < -0.4 is 0 Å². The number of aromatic nitrogens is 1. The van der Waals surface area contributed by atoms with Crippen molar-refractivity contribution in [3.8, 4) is 0 Å². The number of para-hydroxylation sites is 1. The number of carbonyl (C=O) groups is 1. The maximum Gasteiger partial charge on any atom is 0.302 e. The molecule has 5 rings (SSSR count). The Morgan fingerprint density at radius 3 is 2.61 bits per heavy atom. The highest BCUT2D eigenvalue weighted by Gasteiger charge is 2.67. The summed E-state index contributed by atoms with van der Waals surface area (Å²) < 4.78 is 6.05. The van der Waals surface area contributed by atoms with Gasteiger partial charge in [-0.05, 0) is 87.7 Å². The van der Waals surface area contributed by atoms with E-state index in [-0.39, 0.29) is 28.3 Å². The molecule has 0 bridgehead atoms. The summed E-state index contributed by atoms with van der Waals surface area (Å²) in [7, 11) is 0. The van der Waals surface area contributed by atoms with Crippen LogP contribution in [0.3, 0.4) is 0 Å². The standard InChI is InChI=1S/C30H41NO2/c1-19(2)10-9-16-28(4)25-14-13-21-18-23-22-11-7-8-12-24(22)31-27(23)30(21,6)29(25,5)17-15-26(28)33-20(3)32/h7-8,10-12,21,25-26,31H,9,13-18H2,1-6H3/t21-,25-,26-,28-,29-,30+/m0/s1. The first-order valence-electron chi connectivity index (χ1n) is 13.0. The van der Waals surface area contributed by atoms with Crippen molar-refractivity contribution >= 4 is 16.9 Å². The van der Waals surface area contributed by atoms with Crippen molar-refractivity contribution in [3.05, 3.63) is 47.2 Å². The summed E-state index contributed by atoms with van der Waals surface area (Å²) in [4.78, 5) is 16.0. The molecule has 1 aromatic heterocycles. The number of ether oxygens (including phenoxy) is 1. The first kappa shape index (κ1) is 22.7. The minimum Gasteiger partial charge on any atom is -0.462 e. The number of rotatable bonds is 4. The van der Waals surface area contributed by atoms with Crippen molar-refractivity contribution in [2.45, 2.75) is 98.0 Å². The number of esters is 1. The summed E-state index contributed by atoms with van der Waals surface area (Å²) in [5.41, 5.74) is 6.02. The molecule has 0 spiro atoms. The SMILES string of the molecule is CC(=O)O[C@H]1CC[C@@]2(C)[C@@H](CC[C@H]3Cc4c([nH]c5ccccc45)[C@@]32C)[C@]1(C)CCC=C(C)C. The van der Waals surface area contributed by atoms with E-state index in [0.29, 0.717) is 11.8 Å². The molecule has 0 aliphatic heterocycles. The van der Waals surface area contributed by atoms with Crippen LogP contribution in [0.15, 0.2) is 35.9 Å². The molecule has 1 N–H and O–H groups in total. The largest absolute Gasteiger partial charge is 0.462 e. The van der Waals surface area contributed by atoms with E-state index < -0.39 is 0 Å². The molecule has 6 atom stereocenters. The molecule has 3 heteroatoms. The quantitative estimate of drug-likeness (QED) is 0.389. The second-order valence-electron chi connectivity index (χ2n) is 12.1. The third-order valence-electron chi connectivity index (χ3n) is 10.4. The van der Waals surface area contributed by atoms with Gasteiger partial charge in [-0.25, -0.2) is 0 Å². The van der Waals surface area contributed by atoms with Crippen molar-refractivity contribution < 1.29 is 9.53 Å². The van der Waals surface area contributed by atoms with Crippen LogP contribution in [0.25, 0.3) is 10.9 Å². The van der Waals surface area contributed by atoms with Gasteiger partial charge in [0, 0.05) is 34.4 Å². The minimum absolute atomic E-state index is 0.00658. The van der Waals surface area contributed by atoms with E-state index in [4.69, 9.17) is 4.74 Å². The number of hydrogen-bond donors (Lipinski definition) is 1. The van der Waals surface area contributed by atoms with E-state index in [1.807, 2.05) is 0 Å². The molecule has 0 saturated heterocycles. The number of fused-ring (bicyclic) bond motifs is 7. The fourth-order valence-electron chi connectivity index (χ4n) is 8.58. The lowest BCUT2D eigenvalue weighted by molar-refractivity contribution is -0.191. The van der Waals surface area contributed by atoms with Gasteiger partial charge in [0.2, 0.25) is 0 Å². The lowest BCUT2D eigenvalue weighted by Gasteiger charge is -2.65. The van der Waals surface area contributed by atoms with E-state index in [9.17, 15) is 4.79 Å². The number of H-pyrrole nitrogens is 1. The number of allylic oxidation sites excluding steroid dienone is 2. The monoisotopic (exact) mass is 447 g/mol. The molecule has 0 unspecified atom stereocenters. The summed E-state index contributed by atoms with van der Waals surface area (Å²) >= 11 is 0. The van der Waals surface area contributed by atoms with Crippen LogP contribution in [0, 0.1) is 22.7 Å². The average Bonchev–Trinajstić information content (AvgIpc) is 3.25. The molecule has 33 heavy (non-hydrogen) atoms. The molecule has 0 amide bonds. The molecule has 3 aliphatic carbocycles. The Morgan fingerprint density at radius 2 is 1.88 bits per heavy atom. The summed E-state index contributed by atoms with van der Waals surface area (Å²) in [5, 5.41) is 1.42. The predicted molar refractivity (Wildman–Crippen MR) is 135 cm³/mol. The van der Waals surface area contributed by atoms with Gasteiger partial charge in [0.15, 0.2) is 0 Å². The zero-order valence-corrected chi connectivity index (χ0v) is 21.4. The van der Waals surface area contributed by atoms with E-state index in [2.05, 4.69) is 69.9 Å². The summed E-state index contributed by atoms with van der Waals surface area (Å²) in [6.45, 7) is 13.5. The van der Waals surface area contributed by atoms with Crippen molar-refractivity contribution in [2.75, 3.05) is 0 Å². The van der Waals surface area contributed by atoms with Gasteiger partial charge in [0.25, 0.3) is 0 Å². The number of aromatic amines is 1. The van der Waals surface area contributed by atoms with Crippen LogP contribution in [-0.2, 0) is 21.4 Å². The van der Waals surface area contributed by atoms with Crippen molar-refractivity contribution in [3.63, 3.8) is 0 Å². The van der Waals surface area contributed by atoms with Gasteiger partial charge in [-0.1, -0.05) is 50.6 Å². The van der Waals surface area contributed by atoms with E-state index >= 15 is 0 Å². The van der Waals surface area contributed by atoms with E-state index in [1.165, 1.54) is 41.4 Å². The maximum atomic E-state index is 12.1. The Kier molecular flexibility index (Phi) is 5.34. The molecule has 1 aromatic carbocycles. The second kappa shape index (κ2) is 7.75.